The lowest BCUT2D eigenvalue weighted by Gasteiger charge is -2.49. The molecule has 0 aliphatic carbocycles. The third kappa shape index (κ3) is 12.5. The van der Waals surface area contributed by atoms with Gasteiger partial charge in [0.05, 0.1) is 0 Å². The number of hydrogen-bond acceptors (Lipinski definition) is 11. The molecule has 346 valence electrons. The van der Waals surface area contributed by atoms with Gasteiger partial charge < -0.3 is 51.5 Å². The van der Waals surface area contributed by atoms with Gasteiger partial charge in [-0.1, -0.05) is 60.7 Å². The normalized spacial score (nSPS) is 17.7. The van der Waals surface area contributed by atoms with E-state index < -0.39 is 52.8 Å². The minimum atomic E-state index is -0.931. The van der Waals surface area contributed by atoms with Gasteiger partial charge in [0.2, 0.25) is 12.5 Å². The Balaban J connectivity index is 0.00000720. The van der Waals surface area contributed by atoms with E-state index in [1.54, 1.807) is 93.7 Å². The molecule has 17 heteroatoms. The number of carbonyl (C=O) groups is 6. The van der Waals surface area contributed by atoms with Crippen molar-refractivity contribution < 1.29 is 69.3 Å². The van der Waals surface area contributed by atoms with E-state index in [1.807, 2.05) is 72.8 Å². The van der Waals surface area contributed by atoms with Crippen LogP contribution in [-0.4, -0.2) is 80.7 Å². The quantitative estimate of drug-likeness (QED) is 0.0525. The van der Waals surface area contributed by atoms with E-state index in [9.17, 15) is 28.8 Å². The first-order valence-electron chi connectivity index (χ1n) is 21.2. The fourth-order valence-electron chi connectivity index (χ4n) is 7.35. The minimum absolute atomic E-state index is 0. The molecule has 7 rings (SSSR count). The number of likely N-dealkylation sites (tertiary alicyclic amines) is 1. The van der Waals surface area contributed by atoms with Gasteiger partial charge in [-0.15, -0.1) is 11.8 Å². The lowest BCUT2D eigenvalue weighted by Crippen LogP contribution is -3.00. The summed E-state index contributed by atoms with van der Waals surface area (Å²) in [6, 6.07) is 27.7. The van der Waals surface area contributed by atoms with Gasteiger partial charge in [-0.25, -0.2) is 14.4 Å². The van der Waals surface area contributed by atoms with Crippen molar-refractivity contribution in [3.8, 4) is 5.75 Å². The third-order valence-electron chi connectivity index (χ3n) is 10.2. The van der Waals surface area contributed by atoms with Crippen LogP contribution in [0.3, 0.4) is 0 Å². The lowest BCUT2D eigenvalue weighted by molar-refractivity contribution is -0.684. The highest BCUT2D eigenvalue weighted by Gasteiger charge is 2.55. The molecular weight excluding hydrogens is 931 g/mol. The zero-order chi connectivity index (χ0) is 46.5. The molecule has 0 spiro atoms. The van der Waals surface area contributed by atoms with Crippen molar-refractivity contribution in [2.24, 2.45) is 0 Å². The zero-order valence-corrected chi connectivity index (χ0v) is 39.9. The lowest BCUT2D eigenvalue weighted by atomic mass is 10.00. The van der Waals surface area contributed by atoms with Gasteiger partial charge in [0, 0.05) is 42.2 Å². The smallest absolute Gasteiger partial charge is 0.514 e. The second kappa shape index (κ2) is 20.8. The maximum absolute atomic E-state index is 14.5. The summed E-state index contributed by atoms with van der Waals surface area (Å²) in [4.78, 5) is 82.8. The molecule has 3 aromatic carbocycles. The second-order valence-corrected chi connectivity index (χ2v) is 18.8. The Morgan fingerprint density at radius 2 is 1.44 bits per heavy atom. The predicted octanol–water partition coefficient (Wildman–Crippen LogP) is 3.98. The summed E-state index contributed by atoms with van der Waals surface area (Å²) in [5.74, 6) is -1.17. The van der Waals surface area contributed by atoms with Crippen molar-refractivity contribution >= 4 is 53.4 Å². The topological polar surface area (TPSA) is 174 Å². The van der Waals surface area contributed by atoms with Gasteiger partial charge in [0.15, 0.2) is 18.5 Å². The number of allylic oxidation sites excluding steroid dienone is 1. The van der Waals surface area contributed by atoms with Crippen LogP contribution in [0.1, 0.15) is 70.8 Å². The van der Waals surface area contributed by atoms with E-state index in [-0.39, 0.29) is 52.5 Å². The Bertz CT molecular complexity index is 2470. The number of alkyl carbamates (subject to hydrolysis) is 1. The van der Waals surface area contributed by atoms with Crippen LogP contribution in [0, 0.1) is 0 Å². The SMILES string of the molecule is CC(C)(C)OC(=O)N[C@@H]1C(=O)N2C(C(=O)OC(c3ccccc3)c3ccccc3)=C(C=C3CCN(Cc4cc[n+](CC(=O)Nc5ccc(OC(=O)OC(C)(C)C)cc5)cc4)C3=O)CS[C@H]12.[Br-]. The number of fused-ring (bicyclic) bond motifs is 1. The van der Waals surface area contributed by atoms with Crippen LogP contribution in [0.15, 0.2) is 132 Å². The highest BCUT2D eigenvalue weighted by molar-refractivity contribution is 8.00. The average molecular weight is 983 g/mol. The first-order valence-corrected chi connectivity index (χ1v) is 22.2. The number of aromatic nitrogens is 1. The number of anilines is 1. The summed E-state index contributed by atoms with van der Waals surface area (Å²) in [5, 5.41) is 4.89. The highest BCUT2D eigenvalue weighted by atomic mass is 79.9. The highest BCUT2D eigenvalue weighted by Crippen LogP contribution is 2.43. The predicted molar refractivity (Wildman–Crippen MR) is 241 cm³/mol. The number of hydrogen-bond donors (Lipinski definition) is 2. The number of halogens is 1. The Hall–Kier alpha value is -6.46. The second-order valence-electron chi connectivity index (χ2n) is 17.7. The van der Waals surface area contributed by atoms with Gasteiger partial charge in [-0.3, -0.25) is 19.3 Å². The molecule has 4 amide bonds. The van der Waals surface area contributed by atoms with Crippen LogP contribution >= 0.6 is 11.8 Å². The maximum atomic E-state index is 14.5. The summed E-state index contributed by atoms with van der Waals surface area (Å²) in [7, 11) is 0. The van der Waals surface area contributed by atoms with Crippen LogP contribution < -0.4 is 36.9 Å². The molecule has 0 unspecified atom stereocenters. The summed E-state index contributed by atoms with van der Waals surface area (Å²) in [6.07, 6.45) is 3.27. The number of esters is 1. The van der Waals surface area contributed by atoms with Crippen LogP contribution in [0.2, 0.25) is 0 Å². The molecule has 2 atom stereocenters. The standard InChI is InChI=1S/C49H51N5O10S.BrH/c1-48(2,3)63-46(59)51-39-43(57)54-40(45(58)62-41(32-13-9-7-10-14-32)33-15-11-8-12-16-33)35(30-65-44(39)54)27-34-23-26-53(42(34)56)28-31-21-24-52(25-22-31)29-38(55)50-36-17-19-37(20-18-36)61-47(60)64-49(4,5)6;/h7-22,24-25,27,39,41,44H,23,26,28-30H2,1-6H3,(H-,50,51,55,59);1H/t39-,44-;/m1./s1. The molecule has 1 aromatic heterocycles. The van der Waals surface area contributed by atoms with E-state index in [1.165, 1.54) is 16.7 Å². The van der Waals surface area contributed by atoms with E-state index in [4.69, 9.17) is 18.9 Å². The average Bonchev–Trinajstić information content (AvgIpc) is 3.59. The number of pyridine rings is 1. The molecule has 0 radical (unpaired) electrons. The molecule has 66 heavy (non-hydrogen) atoms. The largest absolute Gasteiger partial charge is 1.00 e. The zero-order valence-electron chi connectivity index (χ0n) is 37.4. The number of nitrogens with one attached hydrogen (secondary N) is 2. The van der Waals surface area contributed by atoms with Crippen molar-refractivity contribution in [3.05, 3.63) is 149 Å². The monoisotopic (exact) mass is 981 g/mol. The molecule has 3 aliphatic heterocycles. The summed E-state index contributed by atoms with van der Waals surface area (Å²) >= 11 is 1.37. The van der Waals surface area contributed by atoms with Gasteiger partial charge in [0.1, 0.15) is 34.1 Å². The summed E-state index contributed by atoms with van der Waals surface area (Å²) in [6.45, 7) is 11.2. The first-order chi connectivity index (χ1) is 30.9. The molecule has 15 nitrogen and oxygen atoms in total. The van der Waals surface area contributed by atoms with Crippen molar-refractivity contribution in [2.75, 3.05) is 17.6 Å². The number of nitrogens with zero attached hydrogens (tertiary/aromatic N) is 3. The van der Waals surface area contributed by atoms with Gasteiger partial charge in [-0.2, -0.15) is 4.57 Å². The van der Waals surface area contributed by atoms with Gasteiger partial charge in [0.25, 0.3) is 11.8 Å². The molecule has 2 fully saturated rings. The number of amides is 4. The van der Waals surface area contributed by atoms with E-state index in [2.05, 4.69) is 10.6 Å². The Morgan fingerprint density at radius 3 is 2.03 bits per heavy atom. The number of β-lactam (4-membered cyclic amide) rings is 1. The number of benzene rings is 3. The number of thioether (sulfide) groups is 1. The van der Waals surface area contributed by atoms with Gasteiger partial charge >= 0.3 is 18.2 Å². The fraction of sp³-hybridized carbons (Fsp3) is 0.327. The third-order valence-corrected chi connectivity index (χ3v) is 11.5. The summed E-state index contributed by atoms with van der Waals surface area (Å²) < 4.78 is 23.8. The molecule has 2 saturated heterocycles. The Labute approximate surface area is 398 Å². The molecule has 3 aliphatic rings. The number of carbonyl (C=O) groups excluding carboxylic acids is 6. The Kier molecular flexibility index (Phi) is 15.4. The molecular formula is C49H52BrN5O10S. The molecule has 4 aromatic rings. The van der Waals surface area contributed by atoms with Crippen LogP contribution in [-0.2, 0) is 46.5 Å². The molecule has 0 saturated carbocycles. The van der Waals surface area contributed by atoms with E-state index in [0.29, 0.717) is 36.3 Å². The maximum Gasteiger partial charge on any atom is 0.514 e. The number of ether oxygens (including phenoxy) is 4. The minimum Gasteiger partial charge on any atom is -1.00 e. The van der Waals surface area contributed by atoms with Crippen LogP contribution in [0.4, 0.5) is 15.3 Å². The molecule has 2 N–H and O–H groups in total. The fourth-order valence-corrected chi connectivity index (χ4v) is 8.65. The van der Waals surface area contributed by atoms with Crippen LogP contribution in [0.25, 0.3) is 0 Å². The van der Waals surface area contributed by atoms with Gasteiger partial charge in [-0.05, 0) is 101 Å². The van der Waals surface area contributed by atoms with Crippen LogP contribution in [0.5, 0.6) is 5.75 Å². The van der Waals surface area contributed by atoms with Crippen molar-refractivity contribution in [1.82, 2.24) is 15.1 Å². The summed E-state index contributed by atoms with van der Waals surface area (Å²) in [5.41, 5.74) is 2.34. The van der Waals surface area contributed by atoms with Crippen molar-refractivity contribution in [1.29, 1.82) is 0 Å². The first kappa shape index (κ1) is 49.0. The Morgan fingerprint density at radius 1 is 0.833 bits per heavy atom. The van der Waals surface area contributed by atoms with Crippen molar-refractivity contribution in [2.45, 2.75) is 89.8 Å². The van der Waals surface area contributed by atoms with E-state index in [0.717, 1.165) is 16.7 Å². The van der Waals surface area contributed by atoms with E-state index >= 15 is 0 Å². The molecule has 4 heterocycles. The van der Waals surface area contributed by atoms with Crippen molar-refractivity contribution in [3.63, 3.8) is 0 Å². The molecule has 0 bridgehead atoms. The number of rotatable bonds is 12.